The van der Waals surface area contributed by atoms with Gasteiger partial charge < -0.3 is 20.2 Å². The van der Waals surface area contributed by atoms with Gasteiger partial charge in [-0.3, -0.25) is 19.2 Å². The fourth-order valence-corrected chi connectivity index (χ4v) is 5.07. The van der Waals surface area contributed by atoms with Crippen molar-refractivity contribution in [3.63, 3.8) is 0 Å². The summed E-state index contributed by atoms with van der Waals surface area (Å²) in [6.07, 6.45) is -0.241. The van der Waals surface area contributed by atoms with E-state index >= 15 is 0 Å². The predicted octanol–water partition coefficient (Wildman–Crippen LogP) is 3.12. The van der Waals surface area contributed by atoms with Crippen LogP contribution in [0.2, 0.25) is 0 Å². The molecule has 4 rings (SSSR count). The van der Waals surface area contributed by atoms with E-state index in [1.165, 1.54) is 45.4 Å². The summed E-state index contributed by atoms with van der Waals surface area (Å²) < 4.78 is 13.3. The minimum absolute atomic E-state index is 0.0766. The van der Waals surface area contributed by atoms with Gasteiger partial charge in [0.2, 0.25) is 11.8 Å². The molecule has 2 heterocycles. The zero-order valence-corrected chi connectivity index (χ0v) is 20.7. The molecular formula is C27H26FN3O5S. The van der Waals surface area contributed by atoms with Gasteiger partial charge in [-0.05, 0) is 41.3 Å². The van der Waals surface area contributed by atoms with E-state index in [0.717, 1.165) is 5.56 Å². The Balaban J connectivity index is 1.57. The lowest BCUT2D eigenvalue weighted by Crippen LogP contribution is -2.62. The zero-order chi connectivity index (χ0) is 26.4. The molecule has 0 aliphatic carbocycles. The van der Waals surface area contributed by atoms with Crippen molar-refractivity contribution in [1.82, 2.24) is 15.1 Å². The number of benzene rings is 2. The maximum absolute atomic E-state index is 13.5. The average Bonchev–Trinajstić information content (AvgIpc) is 3.43. The number of hydrogen-bond donors (Lipinski definition) is 2. The van der Waals surface area contributed by atoms with Crippen LogP contribution in [0.25, 0.3) is 0 Å². The Kier molecular flexibility index (Phi) is 8.29. The SMILES string of the molecule is O=C(O)CC(NC(=O)C1CN(C(=O)c2ccc(F)cc2)CCN1C(=O)Cc1ccccc1)c1cccs1. The lowest BCUT2D eigenvalue weighted by Gasteiger charge is -2.41. The molecule has 1 aromatic heterocycles. The van der Waals surface area contributed by atoms with Gasteiger partial charge in [-0.25, -0.2) is 4.39 Å². The van der Waals surface area contributed by atoms with Gasteiger partial charge in [0.25, 0.3) is 5.91 Å². The van der Waals surface area contributed by atoms with E-state index < -0.39 is 29.8 Å². The van der Waals surface area contributed by atoms with E-state index in [-0.39, 0.29) is 49.9 Å². The third-order valence-electron chi connectivity index (χ3n) is 6.16. The number of amides is 3. The monoisotopic (exact) mass is 523 g/mol. The Bertz CT molecular complexity index is 1250. The van der Waals surface area contributed by atoms with Gasteiger partial charge in [-0.1, -0.05) is 36.4 Å². The van der Waals surface area contributed by atoms with E-state index in [0.29, 0.717) is 4.88 Å². The van der Waals surface area contributed by atoms with Crippen LogP contribution in [-0.2, 0) is 20.8 Å². The number of halogens is 1. The number of piperazine rings is 1. The molecule has 192 valence electrons. The van der Waals surface area contributed by atoms with Gasteiger partial charge in [0, 0.05) is 23.5 Å². The second kappa shape index (κ2) is 11.8. The molecule has 1 aliphatic rings. The predicted molar refractivity (Wildman–Crippen MR) is 135 cm³/mol. The molecule has 37 heavy (non-hydrogen) atoms. The zero-order valence-electron chi connectivity index (χ0n) is 19.9. The van der Waals surface area contributed by atoms with Gasteiger partial charge in [-0.15, -0.1) is 11.3 Å². The van der Waals surface area contributed by atoms with Gasteiger partial charge >= 0.3 is 5.97 Å². The number of nitrogens with one attached hydrogen (secondary N) is 1. The van der Waals surface area contributed by atoms with Crippen LogP contribution in [0.15, 0.2) is 72.1 Å². The van der Waals surface area contributed by atoms with Crippen molar-refractivity contribution in [2.45, 2.75) is 24.9 Å². The number of aliphatic carboxylic acids is 1. The first kappa shape index (κ1) is 26.0. The van der Waals surface area contributed by atoms with Crippen LogP contribution in [0.1, 0.15) is 33.3 Å². The molecule has 0 radical (unpaired) electrons. The molecule has 1 saturated heterocycles. The highest BCUT2D eigenvalue weighted by Gasteiger charge is 2.38. The molecule has 2 N–H and O–H groups in total. The summed E-state index contributed by atoms with van der Waals surface area (Å²) in [5.74, 6) is -2.74. The Morgan fingerprint density at radius 3 is 2.38 bits per heavy atom. The number of rotatable bonds is 8. The smallest absolute Gasteiger partial charge is 0.305 e. The number of carboxylic acid groups (broad SMARTS) is 1. The molecule has 0 spiro atoms. The third kappa shape index (κ3) is 6.59. The van der Waals surface area contributed by atoms with Crippen LogP contribution in [0, 0.1) is 5.82 Å². The topological polar surface area (TPSA) is 107 Å². The molecule has 1 aliphatic heterocycles. The van der Waals surface area contributed by atoms with Crippen LogP contribution in [0.3, 0.4) is 0 Å². The minimum Gasteiger partial charge on any atom is -0.481 e. The number of carbonyl (C=O) groups is 4. The average molecular weight is 524 g/mol. The van der Waals surface area contributed by atoms with Crippen molar-refractivity contribution < 1.29 is 28.7 Å². The number of thiophene rings is 1. The number of carboxylic acids is 1. The molecular weight excluding hydrogens is 497 g/mol. The van der Waals surface area contributed by atoms with E-state index in [1.54, 1.807) is 17.5 Å². The second-order valence-electron chi connectivity index (χ2n) is 8.70. The number of hydrogen-bond acceptors (Lipinski definition) is 5. The first-order valence-electron chi connectivity index (χ1n) is 11.8. The van der Waals surface area contributed by atoms with Crippen molar-refractivity contribution in [1.29, 1.82) is 0 Å². The molecule has 8 nitrogen and oxygen atoms in total. The summed E-state index contributed by atoms with van der Waals surface area (Å²) in [5.41, 5.74) is 1.06. The summed E-state index contributed by atoms with van der Waals surface area (Å²) in [7, 11) is 0. The second-order valence-corrected chi connectivity index (χ2v) is 9.68. The fourth-order valence-electron chi connectivity index (χ4n) is 4.29. The Hall–Kier alpha value is -4.05. The normalized spacial score (nSPS) is 16.2. The maximum Gasteiger partial charge on any atom is 0.305 e. The van der Waals surface area contributed by atoms with Crippen molar-refractivity contribution >= 4 is 35.0 Å². The first-order valence-corrected chi connectivity index (χ1v) is 12.6. The summed E-state index contributed by atoms with van der Waals surface area (Å²) in [5, 5.41) is 14.0. The summed E-state index contributed by atoms with van der Waals surface area (Å²) in [6, 6.07) is 16.0. The number of nitrogens with zero attached hydrogens (tertiary/aromatic N) is 2. The summed E-state index contributed by atoms with van der Waals surface area (Å²) in [6.45, 7) is 0.246. The Morgan fingerprint density at radius 2 is 1.73 bits per heavy atom. The van der Waals surface area contributed by atoms with E-state index in [1.807, 2.05) is 30.3 Å². The maximum atomic E-state index is 13.5. The van der Waals surface area contributed by atoms with Crippen LogP contribution < -0.4 is 5.32 Å². The molecule has 2 unspecified atom stereocenters. The van der Waals surface area contributed by atoms with Gasteiger partial charge in [-0.2, -0.15) is 0 Å². The molecule has 2 aromatic carbocycles. The van der Waals surface area contributed by atoms with Gasteiger partial charge in [0.05, 0.1) is 25.4 Å². The van der Waals surface area contributed by atoms with Crippen LogP contribution in [-0.4, -0.2) is 64.3 Å². The molecule has 2 atom stereocenters. The number of carbonyl (C=O) groups excluding carboxylic acids is 3. The molecule has 10 heteroatoms. The van der Waals surface area contributed by atoms with Gasteiger partial charge in [0.15, 0.2) is 0 Å². The van der Waals surface area contributed by atoms with Crippen molar-refractivity contribution in [2.75, 3.05) is 19.6 Å². The summed E-state index contributed by atoms with van der Waals surface area (Å²) in [4.78, 5) is 54.9. The van der Waals surface area contributed by atoms with E-state index in [2.05, 4.69) is 5.32 Å². The molecule has 0 saturated carbocycles. The van der Waals surface area contributed by atoms with Crippen LogP contribution >= 0.6 is 11.3 Å². The fraction of sp³-hybridized carbons (Fsp3) is 0.259. The summed E-state index contributed by atoms with van der Waals surface area (Å²) >= 11 is 1.32. The van der Waals surface area contributed by atoms with E-state index in [4.69, 9.17) is 0 Å². The standard InChI is InChI=1S/C27H26FN3O5S/c28-20-10-8-19(9-11-20)27(36)30-12-13-31(24(32)15-18-5-2-1-3-6-18)22(17-30)26(35)29-21(16-25(33)34)23-7-4-14-37-23/h1-11,14,21-22H,12-13,15-17H2,(H,29,35)(H,33,34). The Morgan fingerprint density at radius 1 is 1.00 bits per heavy atom. The van der Waals surface area contributed by atoms with Crippen molar-refractivity contribution in [2.24, 2.45) is 0 Å². The highest BCUT2D eigenvalue weighted by molar-refractivity contribution is 7.10. The Labute approximate surface area is 217 Å². The first-order chi connectivity index (χ1) is 17.8. The lowest BCUT2D eigenvalue weighted by atomic mass is 10.0. The van der Waals surface area contributed by atoms with Crippen molar-refractivity contribution in [3.05, 3.63) is 93.9 Å². The van der Waals surface area contributed by atoms with Crippen LogP contribution in [0.4, 0.5) is 4.39 Å². The molecule has 0 bridgehead atoms. The largest absolute Gasteiger partial charge is 0.481 e. The lowest BCUT2D eigenvalue weighted by molar-refractivity contribution is -0.144. The molecule has 3 aromatic rings. The highest BCUT2D eigenvalue weighted by Crippen LogP contribution is 2.24. The van der Waals surface area contributed by atoms with Gasteiger partial charge in [0.1, 0.15) is 11.9 Å². The molecule has 1 fully saturated rings. The third-order valence-corrected chi connectivity index (χ3v) is 7.15. The van der Waals surface area contributed by atoms with Crippen molar-refractivity contribution in [3.8, 4) is 0 Å². The minimum atomic E-state index is -1.08. The van der Waals surface area contributed by atoms with E-state index in [9.17, 15) is 28.7 Å². The highest BCUT2D eigenvalue weighted by atomic mass is 32.1. The van der Waals surface area contributed by atoms with Crippen LogP contribution in [0.5, 0.6) is 0 Å². The quantitative estimate of drug-likeness (QED) is 0.472. The molecule has 3 amide bonds.